The van der Waals surface area contributed by atoms with E-state index in [2.05, 4.69) is 25.2 Å². The van der Waals surface area contributed by atoms with Crippen molar-refractivity contribution >= 4 is 5.91 Å². The van der Waals surface area contributed by atoms with E-state index >= 15 is 0 Å². The van der Waals surface area contributed by atoms with Crippen LogP contribution in [-0.2, 0) is 4.79 Å². The van der Waals surface area contributed by atoms with Crippen LogP contribution >= 0.6 is 0 Å². The van der Waals surface area contributed by atoms with Crippen molar-refractivity contribution in [3.05, 3.63) is 0 Å². The molecule has 3 heteroatoms. The minimum atomic E-state index is -0.863. The van der Waals surface area contributed by atoms with E-state index in [1.807, 2.05) is 6.92 Å². The minimum Gasteiger partial charge on any atom is -0.355 e. The normalized spacial score (nSPS) is 14.2. The molecule has 0 rings (SSSR count). The summed E-state index contributed by atoms with van der Waals surface area (Å²) in [6.45, 7) is 8.63. The second-order valence-corrected chi connectivity index (χ2v) is 4.94. The van der Waals surface area contributed by atoms with E-state index in [1.165, 1.54) is 6.42 Å². The summed E-state index contributed by atoms with van der Waals surface area (Å²) in [5.74, 6) is 0.581. The number of hydrogen-bond acceptors (Lipinski definition) is 2. The average Bonchev–Trinajstić information content (AvgIpc) is 2.26. The van der Waals surface area contributed by atoms with Gasteiger partial charge in [0, 0.05) is 6.54 Å². The number of nitrogens with zero attached hydrogens (tertiary/aromatic N) is 1. The van der Waals surface area contributed by atoms with Gasteiger partial charge < -0.3 is 5.32 Å². The van der Waals surface area contributed by atoms with Crippen molar-refractivity contribution in [2.75, 3.05) is 6.54 Å². The van der Waals surface area contributed by atoms with Crippen LogP contribution in [0.5, 0.6) is 0 Å². The highest BCUT2D eigenvalue weighted by atomic mass is 16.2. The predicted octanol–water partition coefficient (Wildman–Crippen LogP) is 2.87. The number of nitrogens with one attached hydrogen (secondary N) is 1. The summed E-state index contributed by atoms with van der Waals surface area (Å²) in [4.78, 5) is 11.7. The van der Waals surface area contributed by atoms with E-state index in [1.54, 1.807) is 6.92 Å². The third kappa shape index (κ3) is 5.16. The molecule has 3 nitrogen and oxygen atoms in total. The van der Waals surface area contributed by atoms with Crippen LogP contribution in [-0.4, -0.2) is 12.5 Å². The molecule has 1 unspecified atom stereocenters. The average molecular weight is 224 g/mol. The summed E-state index contributed by atoms with van der Waals surface area (Å²) in [6.07, 6.45) is 3.88. The SMILES string of the molecule is CCC(C)(C#N)C(=O)NCCCCC(C)C. The Morgan fingerprint density at radius 3 is 2.50 bits per heavy atom. The summed E-state index contributed by atoms with van der Waals surface area (Å²) in [6, 6.07) is 2.07. The molecular weight excluding hydrogens is 200 g/mol. The molecule has 0 aromatic rings. The standard InChI is InChI=1S/C13H24N2O/c1-5-13(4,10-14)12(16)15-9-7-6-8-11(2)3/h11H,5-9H2,1-4H3,(H,15,16). The number of carbonyl (C=O) groups excluding carboxylic acids is 1. The van der Waals surface area contributed by atoms with Crippen LogP contribution < -0.4 is 5.32 Å². The van der Waals surface area contributed by atoms with Gasteiger partial charge in [0.25, 0.3) is 0 Å². The molecule has 0 heterocycles. The number of nitriles is 1. The molecule has 0 saturated heterocycles. The molecule has 0 bridgehead atoms. The Kier molecular flexibility index (Phi) is 6.80. The van der Waals surface area contributed by atoms with Crippen molar-refractivity contribution in [2.45, 2.75) is 53.4 Å². The smallest absolute Gasteiger partial charge is 0.240 e. The minimum absolute atomic E-state index is 0.137. The highest BCUT2D eigenvalue weighted by molar-refractivity contribution is 5.84. The van der Waals surface area contributed by atoms with Crippen LogP contribution in [0.4, 0.5) is 0 Å². The lowest BCUT2D eigenvalue weighted by Crippen LogP contribution is -2.38. The van der Waals surface area contributed by atoms with Crippen molar-refractivity contribution in [2.24, 2.45) is 11.3 Å². The first-order valence-corrected chi connectivity index (χ1v) is 6.15. The fourth-order valence-corrected chi connectivity index (χ4v) is 1.36. The quantitative estimate of drug-likeness (QED) is 0.676. The zero-order valence-corrected chi connectivity index (χ0v) is 11.0. The zero-order chi connectivity index (χ0) is 12.6. The Morgan fingerprint density at radius 2 is 2.06 bits per heavy atom. The summed E-state index contributed by atoms with van der Waals surface area (Å²) < 4.78 is 0. The largest absolute Gasteiger partial charge is 0.355 e. The molecule has 1 atom stereocenters. The third-order valence-electron chi connectivity index (χ3n) is 2.95. The Hall–Kier alpha value is -1.04. The van der Waals surface area contributed by atoms with Crippen molar-refractivity contribution in [3.8, 4) is 6.07 Å². The Morgan fingerprint density at radius 1 is 1.44 bits per heavy atom. The molecule has 0 aliphatic heterocycles. The van der Waals surface area contributed by atoms with Crippen LogP contribution in [0.2, 0.25) is 0 Å². The topological polar surface area (TPSA) is 52.9 Å². The van der Waals surface area contributed by atoms with Gasteiger partial charge in [0.15, 0.2) is 0 Å². The molecule has 0 radical (unpaired) electrons. The van der Waals surface area contributed by atoms with Crippen molar-refractivity contribution in [1.82, 2.24) is 5.32 Å². The van der Waals surface area contributed by atoms with Gasteiger partial charge >= 0.3 is 0 Å². The van der Waals surface area contributed by atoms with Gasteiger partial charge in [0.1, 0.15) is 5.41 Å². The fourth-order valence-electron chi connectivity index (χ4n) is 1.36. The van der Waals surface area contributed by atoms with E-state index in [9.17, 15) is 4.79 Å². The van der Waals surface area contributed by atoms with E-state index in [0.717, 1.165) is 18.8 Å². The lowest BCUT2D eigenvalue weighted by Gasteiger charge is -2.18. The van der Waals surface area contributed by atoms with E-state index in [-0.39, 0.29) is 5.91 Å². The van der Waals surface area contributed by atoms with Crippen LogP contribution in [0.25, 0.3) is 0 Å². The maximum Gasteiger partial charge on any atom is 0.240 e. The van der Waals surface area contributed by atoms with Gasteiger partial charge in [-0.25, -0.2) is 0 Å². The van der Waals surface area contributed by atoms with E-state index < -0.39 is 5.41 Å². The molecule has 0 spiro atoms. The first-order valence-electron chi connectivity index (χ1n) is 6.15. The Bertz CT molecular complexity index is 255. The molecule has 0 aromatic carbocycles. The van der Waals surface area contributed by atoms with Gasteiger partial charge in [0.2, 0.25) is 5.91 Å². The summed E-state index contributed by atoms with van der Waals surface area (Å²) in [7, 11) is 0. The summed E-state index contributed by atoms with van der Waals surface area (Å²) in [5, 5.41) is 11.8. The summed E-state index contributed by atoms with van der Waals surface area (Å²) >= 11 is 0. The number of hydrogen-bond donors (Lipinski definition) is 1. The molecule has 0 aromatic heterocycles. The number of amides is 1. The van der Waals surface area contributed by atoms with Crippen LogP contribution in [0.3, 0.4) is 0 Å². The second kappa shape index (κ2) is 7.27. The predicted molar refractivity (Wildman–Crippen MR) is 65.7 cm³/mol. The lowest BCUT2D eigenvalue weighted by molar-refractivity contribution is -0.127. The number of rotatable bonds is 7. The van der Waals surface area contributed by atoms with Gasteiger partial charge in [-0.15, -0.1) is 0 Å². The maximum atomic E-state index is 11.7. The van der Waals surface area contributed by atoms with Crippen molar-refractivity contribution < 1.29 is 4.79 Å². The molecule has 16 heavy (non-hydrogen) atoms. The van der Waals surface area contributed by atoms with Gasteiger partial charge in [-0.2, -0.15) is 5.26 Å². The van der Waals surface area contributed by atoms with E-state index in [0.29, 0.717) is 13.0 Å². The third-order valence-corrected chi connectivity index (χ3v) is 2.95. The van der Waals surface area contributed by atoms with Crippen molar-refractivity contribution in [3.63, 3.8) is 0 Å². The molecule has 0 aliphatic carbocycles. The zero-order valence-electron chi connectivity index (χ0n) is 11.0. The molecule has 92 valence electrons. The molecule has 1 N–H and O–H groups in total. The van der Waals surface area contributed by atoms with Crippen LogP contribution in [0.15, 0.2) is 0 Å². The number of carbonyl (C=O) groups is 1. The maximum absolute atomic E-state index is 11.7. The van der Waals surface area contributed by atoms with Gasteiger partial charge in [0.05, 0.1) is 6.07 Å². The van der Waals surface area contributed by atoms with Crippen LogP contribution in [0, 0.1) is 22.7 Å². The highest BCUT2D eigenvalue weighted by Gasteiger charge is 2.30. The highest BCUT2D eigenvalue weighted by Crippen LogP contribution is 2.19. The fraction of sp³-hybridized carbons (Fsp3) is 0.846. The molecule has 0 saturated carbocycles. The molecular formula is C13H24N2O. The Labute approximate surface area is 99.2 Å². The molecule has 1 amide bonds. The monoisotopic (exact) mass is 224 g/mol. The molecule has 0 aliphatic rings. The molecule has 0 fully saturated rings. The van der Waals surface area contributed by atoms with E-state index in [4.69, 9.17) is 5.26 Å². The summed E-state index contributed by atoms with van der Waals surface area (Å²) in [5.41, 5.74) is -0.863. The van der Waals surface area contributed by atoms with Crippen molar-refractivity contribution in [1.29, 1.82) is 5.26 Å². The van der Waals surface area contributed by atoms with Crippen LogP contribution in [0.1, 0.15) is 53.4 Å². The number of unbranched alkanes of at least 4 members (excludes halogenated alkanes) is 1. The van der Waals surface area contributed by atoms with Gasteiger partial charge in [-0.3, -0.25) is 4.79 Å². The lowest BCUT2D eigenvalue weighted by atomic mass is 9.88. The first kappa shape index (κ1) is 15.0. The second-order valence-electron chi connectivity index (χ2n) is 4.94. The first-order chi connectivity index (χ1) is 7.46. The van der Waals surface area contributed by atoms with Gasteiger partial charge in [-0.05, 0) is 25.7 Å². The Balaban J connectivity index is 3.78. The van der Waals surface area contributed by atoms with Gasteiger partial charge in [-0.1, -0.05) is 33.6 Å².